The van der Waals surface area contributed by atoms with E-state index in [1.54, 1.807) is 0 Å². The van der Waals surface area contributed by atoms with Crippen LogP contribution >= 0.6 is 0 Å². The maximum atomic E-state index is 13.0. The SMILES string of the molecule is COCC(=O)Nc1ccc(F)cc1C(=O)OC. The number of halogens is 1. The second-order valence-electron chi connectivity index (χ2n) is 3.16. The zero-order valence-electron chi connectivity index (χ0n) is 9.45. The number of carbonyl (C=O) groups excluding carboxylic acids is 2. The van der Waals surface area contributed by atoms with Crippen molar-refractivity contribution in [2.75, 3.05) is 26.1 Å². The summed E-state index contributed by atoms with van der Waals surface area (Å²) in [6, 6.07) is 3.41. The molecule has 0 spiro atoms. The lowest BCUT2D eigenvalue weighted by Crippen LogP contribution is -2.19. The third-order valence-electron chi connectivity index (χ3n) is 1.94. The molecule has 0 radical (unpaired) electrons. The third-order valence-corrected chi connectivity index (χ3v) is 1.94. The van der Waals surface area contributed by atoms with Crippen LogP contribution in [0.15, 0.2) is 18.2 Å². The van der Waals surface area contributed by atoms with E-state index in [1.165, 1.54) is 20.3 Å². The van der Waals surface area contributed by atoms with Gasteiger partial charge in [0, 0.05) is 7.11 Å². The number of ether oxygens (including phenoxy) is 2. The number of benzene rings is 1. The van der Waals surface area contributed by atoms with Gasteiger partial charge in [0.05, 0.1) is 18.4 Å². The normalized spacial score (nSPS) is 9.82. The maximum absolute atomic E-state index is 13.0. The van der Waals surface area contributed by atoms with Gasteiger partial charge in [-0.3, -0.25) is 4.79 Å². The molecule has 6 heteroatoms. The number of carbonyl (C=O) groups is 2. The average Bonchev–Trinajstić information content (AvgIpc) is 2.30. The minimum atomic E-state index is -0.725. The van der Waals surface area contributed by atoms with E-state index in [-0.39, 0.29) is 17.9 Å². The van der Waals surface area contributed by atoms with Gasteiger partial charge >= 0.3 is 5.97 Å². The van der Waals surface area contributed by atoms with E-state index in [0.717, 1.165) is 12.1 Å². The zero-order chi connectivity index (χ0) is 12.8. The van der Waals surface area contributed by atoms with E-state index >= 15 is 0 Å². The molecule has 1 N–H and O–H groups in total. The Labute approximate surface area is 97.5 Å². The van der Waals surface area contributed by atoms with Gasteiger partial charge in [0.2, 0.25) is 5.91 Å². The molecule has 0 atom stereocenters. The molecule has 0 aliphatic heterocycles. The van der Waals surface area contributed by atoms with E-state index in [9.17, 15) is 14.0 Å². The van der Waals surface area contributed by atoms with Crippen LogP contribution < -0.4 is 5.32 Å². The third kappa shape index (κ3) is 3.53. The van der Waals surface area contributed by atoms with Crippen LogP contribution in [0.2, 0.25) is 0 Å². The molecule has 0 saturated carbocycles. The number of rotatable bonds is 4. The van der Waals surface area contributed by atoms with Crippen molar-refractivity contribution in [3.63, 3.8) is 0 Å². The largest absolute Gasteiger partial charge is 0.465 e. The van der Waals surface area contributed by atoms with E-state index in [1.807, 2.05) is 0 Å². The van der Waals surface area contributed by atoms with E-state index in [4.69, 9.17) is 0 Å². The van der Waals surface area contributed by atoms with Crippen LogP contribution in [-0.4, -0.2) is 32.7 Å². The maximum Gasteiger partial charge on any atom is 0.340 e. The first-order valence-electron chi connectivity index (χ1n) is 4.75. The Kier molecular flexibility index (Phi) is 4.59. The van der Waals surface area contributed by atoms with E-state index in [0.29, 0.717) is 0 Å². The number of hydrogen-bond donors (Lipinski definition) is 1. The number of anilines is 1. The highest BCUT2D eigenvalue weighted by molar-refractivity contribution is 6.01. The van der Waals surface area contributed by atoms with Crippen LogP contribution in [0.25, 0.3) is 0 Å². The lowest BCUT2D eigenvalue weighted by molar-refractivity contribution is -0.119. The van der Waals surface area contributed by atoms with Gasteiger partial charge in [0.25, 0.3) is 0 Å². The second kappa shape index (κ2) is 5.95. The number of esters is 1. The van der Waals surface area contributed by atoms with Crippen molar-refractivity contribution >= 4 is 17.6 Å². The highest BCUT2D eigenvalue weighted by Gasteiger charge is 2.14. The predicted octanol–water partition coefficient (Wildman–Crippen LogP) is 1.20. The molecular formula is C11H12FNO4. The van der Waals surface area contributed by atoms with Gasteiger partial charge in [-0.15, -0.1) is 0 Å². The van der Waals surface area contributed by atoms with Crippen LogP contribution in [0.4, 0.5) is 10.1 Å². The van der Waals surface area contributed by atoms with E-state index in [2.05, 4.69) is 14.8 Å². The molecule has 0 saturated heterocycles. The van der Waals surface area contributed by atoms with Crippen molar-refractivity contribution in [1.29, 1.82) is 0 Å². The Bertz CT molecular complexity index is 433. The molecule has 1 aromatic rings. The Morgan fingerprint density at radius 1 is 1.35 bits per heavy atom. The van der Waals surface area contributed by atoms with Gasteiger partial charge in [0.15, 0.2) is 0 Å². The molecule has 0 fully saturated rings. The molecule has 0 heterocycles. The fourth-order valence-electron chi connectivity index (χ4n) is 1.22. The minimum Gasteiger partial charge on any atom is -0.465 e. The molecule has 92 valence electrons. The first-order chi connectivity index (χ1) is 8.08. The van der Waals surface area contributed by atoms with Crippen molar-refractivity contribution in [3.8, 4) is 0 Å². The van der Waals surface area contributed by atoms with Gasteiger partial charge in [0.1, 0.15) is 12.4 Å². The number of nitrogens with one attached hydrogen (secondary N) is 1. The first-order valence-corrected chi connectivity index (χ1v) is 4.75. The first kappa shape index (κ1) is 13.1. The molecule has 0 aliphatic rings. The molecule has 0 aromatic heterocycles. The zero-order valence-corrected chi connectivity index (χ0v) is 9.45. The minimum absolute atomic E-state index is 0.0445. The van der Waals surface area contributed by atoms with Crippen molar-refractivity contribution in [2.45, 2.75) is 0 Å². The van der Waals surface area contributed by atoms with E-state index < -0.39 is 17.7 Å². The Morgan fingerprint density at radius 2 is 2.06 bits per heavy atom. The van der Waals surface area contributed by atoms with Crippen molar-refractivity contribution < 1.29 is 23.5 Å². The molecule has 0 unspecified atom stereocenters. The summed E-state index contributed by atoms with van der Waals surface area (Å²) in [6.07, 6.45) is 0. The van der Waals surface area contributed by atoms with Crippen LogP contribution in [0.3, 0.4) is 0 Å². The molecular weight excluding hydrogens is 229 g/mol. The summed E-state index contributed by atoms with van der Waals surface area (Å²) in [5.41, 5.74) is 0.136. The number of amides is 1. The molecule has 0 bridgehead atoms. The molecule has 17 heavy (non-hydrogen) atoms. The highest BCUT2D eigenvalue weighted by atomic mass is 19.1. The summed E-state index contributed by atoms with van der Waals surface area (Å²) in [7, 11) is 2.54. The van der Waals surface area contributed by atoms with Gasteiger partial charge in [-0.25, -0.2) is 9.18 Å². The lowest BCUT2D eigenvalue weighted by atomic mass is 10.1. The average molecular weight is 241 g/mol. The Hall–Kier alpha value is -1.95. The Balaban J connectivity index is 2.98. The summed E-state index contributed by atoms with van der Waals surface area (Å²) < 4.78 is 22.1. The summed E-state index contributed by atoms with van der Waals surface area (Å²) >= 11 is 0. The van der Waals surface area contributed by atoms with Crippen molar-refractivity contribution in [1.82, 2.24) is 0 Å². The quantitative estimate of drug-likeness (QED) is 0.804. The lowest BCUT2D eigenvalue weighted by Gasteiger charge is -2.09. The molecule has 1 amide bonds. The molecule has 5 nitrogen and oxygen atoms in total. The monoisotopic (exact) mass is 241 g/mol. The van der Waals surface area contributed by atoms with Gasteiger partial charge in [-0.05, 0) is 18.2 Å². The molecule has 0 aliphatic carbocycles. The summed E-state index contributed by atoms with van der Waals surface area (Å²) in [4.78, 5) is 22.6. The fraction of sp³-hybridized carbons (Fsp3) is 0.273. The van der Waals surface area contributed by atoms with Crippen molar-refractivity contribution in [3.05, 3.63) is 29.6 Å². The van der Waals surface area contributed by atoms with Crippen LogP contribution in [-0.2, 0) is 14.3 Å². The summed E-state index contributed by atoms with van der Waals surface area (Å²) in [5, 5.41) is 2.42. The Morgan fingerprint density at radius 3 is 2.65 bits per heavy atom. The van der Waals surface area contributed by atoms with Gasteiger partial charge in [-0.2, -0.15) is 0 Å². The number of hydrogen-bond acceptors (Lipinski definition) is 4. The summed E-state index contributed by atoms with van der Waals surface area (Å²) in [6.45, 7) is -0.155. The standard InChI is InChI=1S/C11H12FNO4/c1-16-6-10(14)13-9-4-3-7(12)5-8(9)11(15)17-2/h3-5H,6H2,1-2H3,(H,13,14). The smallest absolute Gasteiger partial charge is 0.340 e. The summed E-state index contributed by atoms with van der Waals surface area (Å²) in [5.74, 6) is -1.75. The fourth-order valence-corrected chi connectivity index (χ4v) is 1.22. The highest BCUT2D eigenvalue weighted by Crippen LogP contribution is 2.18. The predicted molar refractivity (Wildman–Crippen MR) is 58.2 cm³/mol. The van der Waals surface area contributed by atoms with Crippen molar-refractivity contribution in [2.24, 2.45) is 0 Å². The van der Waals surface area contributed by atoms with Crippen LogP contribution in [0.1, 0.15) is 10.4 Å². The van der Waals surface area contributed by atoms with Crippen LogP contribution in [0.5, 0.6) is 0 Å². The second-order valence-corrected chi connectivity index (χ2v) is 3.16. The number of methoxy groups -OCH3 is 2. The topological polar surface area (TPSA) is 64.6 Å². The van der Waals surface area contributed by atoms with Crippen LogP contribution in [0, 0.1) is 5.82 Å². The molecule has 1 aromatic carbocycles. The van der Waals surface area contributed by atoms with Gasteiger partial charge in [-0.1, -0.05) is 0 Å². The van der Waals surface area contributed by atoms with Gasteiger partial charge < -0.3 is 14.8 Å². The molecule has 1 rings (SSSR count).